The first kappa shape index (κ1) is 13.9. The fraction of sp³-hybridized carbons (Fsp3) is 1.00. The number of aliphatic hydroxyl groups excluding tert-OH is 1. The zero-order valence-corrected chi connectivity index (χ0v) is 10.4. The molecule has 95 valence electrons. The Morgan fingerprint density at radius 2 is 1.94 bits per heavy atom. The van der Waals surface area contributed by atoms with E-state index in [2.05, 4.69) is 16.8 Å². The molecule has 1 rings (SSSR count). The Kier molecular flexibility index (Phi) is 6.23. The van der Waals surface area contributed by atoms with Crippen molar-refractivity contribution in [2.75, 3.05) is 59.5 Å². The molecule has 0 aromatic carbocycles. The lowest BCUT2D eigenvalue weighted by molar-refractivity contribution is -0.0739. The monoisotopic (exact) mass is 230 g/mol. The van der Waals surface area contributed by atoms with Crippen molar-refractivity contribution in [3.8, 4) is 0 Å². The predicted octanol–water partition coefficient (Wildman–Crippen LogP) is -0.695. The highest BCUT2D eigenvalue weighted by Gasteiger charge is 2.21. The highest BCUT2D eigenvalue weighted by atomic mass is 16.3. The van der Waals surface area contributed by atoms with Crippen molar-refractivity contribution >= 4 is 0 Å². The van der Waals surface area contributed by atoms with Crippen LogP contribution in [0.2, 0.25) is 0 Å². The lowest BCUT2D eigenvalue weighted by atomic mass is 10.3. The van der Waals surface area contributed by atoms with E-state index in [1.807, 2.05) is 6.92 Å². The summed E-state index contributed by atoms with van der Waals surface area (Å²) in [7, 11) is 2.11. The van der Waals surface area contributed by atoms with Gasteiger partial charge in [0, 0.05) is 39.3 Å². The van der Waals surface area contributed by atoms with Crippen molar-refractivity contribution in [2.24, 2.45) is 0 Å². The molecule has 0 aromatic rings. The van der Waals surface area contributed by atoms with E-state index in [4.69, 9.17) is 5.11 Å². The molecule has 1 aliphatic heterocycles. The van der Waals surface area contributed by atoms with Crippen molar-refractivity contribution in [1.82, 2.24) is 14.7 Å². The van der Waals surface area contributed by atoms with Gasteiger partial charge >= 0.3 is 0 Å². The Morgan fingerprint density at radius 1 is 1.31 bits per heavy atom. The lowest BCUT2D eigenvalue weighted by Gasteiger charge is -2.35. The molecule has 16 heavy (non-hydrogen) atoms. The van der Waals surface area contributed by atoms with Gasteiger partial charge in [-0.15, -0.1) is 0 Å². The van der Waals surface area contributed by atoms with Gasteiger partial charge in [0.15, 0.2) is 6.23 Å². The standard InChI is InChI=1S/C11H24N3O2/c1-3-14(8-9-15)11(16)10-13-6-4-12(2)5-7-13/h11,15H,3-10H2,1-2H3. The Morgan fingerprint density at radius 3 is 2.44 bits per heavy atom. The van der Waals surface area contributed by atoms with Crippen LogP contribution >= 0.6 is 0 Å². The molecule has 5 nitrogen and oxygen atoms in total. The molecule has 0 aromatic heterocycles. The Labute approximate surface area is 98.3 Å². The van der Waals surface area contributed by atoms with Crippen LogP contribution in [0.15, 0.2) is 0 Å². The van der Waals surface area contributed by atoms with E-state index in [0.717, 1.165) is 26.2 Å². The van der Waals surface area contributed by atoms with Gasteiger partial charge in [-0.25, -0.2) is 5.11 Å². The molecular formula is C11H24N3O2. The van der Waals surface area contributed by atoms with Crippen LogP contribution in [0.25, 0.3) is 0 Å². The molecule has 0 spiro atoms. The van der Waals surface area contributed by atoms with Gasteiger partial charge in [0.05, 0.1) is 6.61 Å². The summed E-state index contributed by atoms with van der Waals surface area (Å²) in [6, 6.07) is 0. The van der Waals surface area contributed by atoms with Crippen LogP contribution in [-0.2, 0) is 5.11 Å². The highest BCUT2D eigenvalue weighted by molar-refractivity contribution is 4.72. The second-order valence-corrected chi connectivity index (χ2v) is 4.41. The van der Waals surface area contributed by atoms with Crippen LogP contribution in [-0.4, -0.2) is 85.5 Å². The molecule has 0 bridgehead atoms. The molecule has 1 radical (unpaired) electrons. The number of nitrogens with zero attached hydrogens (tertiary/aromatic N) is 3. The minimum Gasteiger partial charge on any atom is -0.395 e. The summed E-state index contributed by atoms with van der Waals surface area (Å²) in [5.41, 5.74) is 0. The molecule has 1 aliphatic rings. The first-order valence-electron chi connectivity index (χ1n) is 6.09. The Balaban J connectivity index is 2.29. The second-order valence-electron chi connectivity index (χ2n) is 4.41. The topological polar surface area (TPSA) is 49.9 Å². The van der Waals surface area contributed by atoms with E-state index in [1.54, 1.807) is 4.90 Å². The number of hydrogen-bond acceptors (Lipinski definition) is 4. The molecule has 1 N–H and O–H groups in total. The maximum Gasteiger partial charge on any atom is 0.159 e. The molecule has 0 saturated carbocycles. The summed E-state index contributed by atoms with van der Waals surface area (Å²) >= 11 is 0. The van der Waals surface area contributed by atoms with Gasteiger partial charge in [0.1, 0.15) is 0 Å². The van der Waals surface area contributed by atoms with Crippen molar-refractivity contribution in [3.63, 3.8) is 0 Å². The quantitative estimate of drug-likeness (QED) is 0.613. The van der Waals surface area contributed by atoms with Crippen LogP contribution in [0, 0.1) is 0 Å². The molecule has 1 saturated heterocycles. The van der Waals surface area contributed by atoms with Gasteiger partial charge in [0.25, 0.3) is 0 Å². The molecule has 1 atom stereocenters. The van der Waals surface area contributed by atoms with Gasteiger partial charge in [-0.2, -0.15) is 0 Å². The summed E-state index contributed by atoms with van der Waals surface area (Å²) in [5.74, 6) is 0. The third-order valence-corrected chi connectivity index (χ3v) is 3.21. The Bertz CT molecular complexity index is 184. The van der Waals surface area contributed by atoms with Crippen molar-refractivity contribution in [3.05, 3.63) is 0 Å². The van der Waals surface area contributed by atoms with Crippen LogP contribution in [0.4, 0.5) is 0 Å². The summed E-state index contributed by atoms with van der Waals surface area (Å²) in [6.45, 7) is 7.83. The zero-order valence-electron chi connectivity index (χ0n) is 10.4. The average Bonchev–Trinajstić information content (AvgIpc) is 2.29. The smallest absolute Gasteiger partial charge is 0.159 e. The van der Waals surface area contributed by atoms with Crippen LogP contribution < -0.4 is 0 Å². The first-order chi connectivity index (χ1) is 7.67. The van der Waals surface area contributed by atoms with Gasteiger partial charge in [0.2, 0.25) is 0 Å². The fourth-order valence-electron chi connectivity index (χ4n) is 2.00. The number of rotatable bonds is 6. The minimum absolute atomic E-state index is 0.0648. The molecule has 0 aliphatic carbocycles. The van der Waals surface area contributed by atoms with Crippen LogP contribution in [0.3, 0.4) is 0 Å². The largest absolute Gasteiger partial charge is 0.395 e. The van der Waals surface area contributed by atoms with Crippen molar-refractivity contribution < 1.29 is 10.2 Å². The van der Waals surface area contributed by atoms with Crippen molar-refractivity contribution in [2.45, 2.75) is 13.2 Å². The highest BCUT2D eigenvalue weighted by Crippen LogP contribution is 2.04. The summed E-state index contributed by atoms with van der Waals surface area (Å²) < 4.78 is 0. The molecule has 5 heteroatoms. The van der Waals surface area contributed by atoms with E-state index < -0.39 is 6.23 Å². The van der Waals surface area contributed by atoms with Gasteiger partial charge in [-0.05, 0) is 13.6 Å². The fourth-order valence-corrected chi connectivity index (χ4v) is 2.00. The Hall–Kier alpha value is -0.200. The van der Waals surface area contributed by atoms with E-state index in [9.17, 15) is 5.11 Å². The SMILES string of the molecule is CCN(CCO)C([O])CN1CCN(C)CC1. The molecule has 1 heterocycles. The van der Waals surface area contributed by atoms with E-state index >= 15 is 0 Å². The van der Waals surface area contributed by atoms with Gasteiger partial charge in [-0.3, -0.25) is 9.80 Å². The predicted molar refractivity (Wildman–Crippen MR) is 62.7 cm³/mol. The summed E-state index contributed by atoms with van der Waals surface area (Å²) in [4.78, 5) is 6.29. The van der Waals surface area contributed by atoms with Crippen LogP contribution in [0.5, 0.6) is 0 Å². The number of piperazine rings is 1. The van der Waals surface area contributed by atoms with Crippen LogP contribution in [0.1, 0.15) is 6.92 Å². The average molecular weight is 230 g/mol. The zero-order chi connectivity index (χ0) is 12.0. The summed E-state index contributed by atoms with van der Waals surface area (Å²) in [6.07, 6.45) is -0.708. The molecule has 0 amide bonds. The van der Waals surface area contributed by atoms with E-state index in [0.29, 0.717) is 19.6 Å². The van der Waals surface area contributed by atoms with Gasteiger partial charge < -0.3 is 10.0 Å². The third kappa shape index (κ3) is 4.35. The first-order valence-corrected chi connectivity index (χ1v) is 6.09. The van der Waals surface area contributed by atoms with Gasteiger partial charge in [-0.1, -0.05) is 6.92 Å². The molecular weight excluding hydrogens is 206 g/mol. The third-order valence-electron chi connectivity index (χ3n) is 3.21. The summed E-state index contributed by atoms with van der Waals surface area (Å²) in [5, 5.41) is 20.8. The van der Waals surface area contributed by atoms with E-state index in [1.165, 1.54) is 0 Å². The second kappa shape index (κ2) is 7.19. The minimum atomic E-state index is -0.708. The maximum atomic E-state index is 12.0. The lowest BCUT2D eigenvalue weighted by Crippen LogP contribution is -2.50. The number of aliphatic hydroxyl groups is 1. The number of likely N-dealkylation sites (N-methyl/N-ethyl adjacent to an activating group) is 2. The molecule has 1 fully saturated rings. The maximum absolute atomic E-state index is 12.0. The normalized spacial score (nSPS) is 21.6. The number of hydrogen-bond donors (Lipinski definition) is 1. The van der Waals surface area contributed by atoms with Crippen molar-refractivity contribution in [1.29, 1.82) is 0 Å². The molecule has 1 unspecified atom stereocenters. The van der Waals surface area contributed by atoms with E-state index in [-0.39, 0.29) is 6.61 Å².